The maximum absolute atomic E-state index is 5.79. The maximum Gasteiger partial charge on any atom is 0.0705 e. The molecule has 3 rings (SSSR count). The van der Waals surface area contributed by atoms with Crippen LogP contribution in [0, 0.1) is 0 Å². The first kappa shape index (κ1) is 13.7. The lowest BCUT2D eigenvalue weighted by Gasteiger charge is -2.18. The third kappa shape index (κ3) is 3.10. The zero-order valence-corrected chi connectivity index (χ0v) is 11.9. The van der Waals surface area contributed by atoms with Crippen LogP contribution in [0.15, 0.2) is 66.9 Å². The van der Waals surface area contributed by atoms with Crippen molar-refractivity contribution >= 4 is 10.9 Å². The van der Waals surface area contributed by atoms with Crippen LogP contribution in [0.5, 0.6) is 0 Å². The number of hydrazine groups is 1. The molecule has 0 bridgehead atoms. The largest absolute Gasteiger partial charge is 0.271 e. The zero-order valence-electron chi connectivity index (χ0n) is 11.9. The molecule has 1 heterocycles. The number of hydrogen-bond acceptors (Lipinski definition) is 3. The molecule has 0 radical (unpaired) electrons. The Morgan fingerprint density at radius 2 is 1.81 bits per heavy atom. The fraction of sp³-hybridized carbons (Fsp3) is 0.167. The predicted octanol–water partition coefficient (Wildman–Crippen LogP) is 3.37. The Balaban J connectivity index is 1.85. The molecule has 1 atom stereocenters. The molecular formula is C18H19N3. The molecule has 0 aliphatic rings. The van der Waals surface area contributed by atoms with Gasteiger partial charge in [-0.1, -0.05) is 48.5 Å². The molecule has 0 saturated carbocycles. The number of hydrogen-bond donors (Lipinski definition) is 2. The second-order valence-electron chi connectivity index (χ2n) is 5.16. The molecule has 3 nitrogen and oxygen atoms in total. The average molecular weight is 277 g/mol. The van der Waals surface area contributed by atoms with Crippen molar-refractivity contribution in [2.75, 3.05) is 0 Å². The predicted molar refractivity (Wildman–Crippen MR) is 86.6 cm³/mol. The highest BCUT2D eigenvalue weighted by Gasteiger charge is 2.13. The molecule has 21 heavy (non-hydrogen) atoms. The monoisotopic (exact) mass is 277 g/mol. The van der Waals surface area contributed by atoms with Gasteiger partial charge in [-0.15, -0.1) is 0 Å². The van der Waals surface area contributed by atoms with Gasteiger partial charge >= 0.3 is 0 Å². The number of nitrogens with two attached hydrogens (primary N) is 1. The summed E-state index contributed by atoms with van der Waals surface area (Å²) in [6, 6.07) is 20.9. The molecule has 0 spiro atoms. The fourth-order valence-electron chi connectivity index (χ4n) is 2.72. The summed E-state index contributed by atoms with van der Waals surface area (Å²) < 4.78 is 0. The standard InChI is InChI=1S/C18H19N3/c19-21-18(12-11-14-6-2-1-3-7-14)16-8-4-10-17-15(16)9-5-13-20-17/h1-10,13,18,21H,11-12,19H2. The number of nitrogens with zero attached hydrogens (tertiary/aromatic N) is 1. The Hall–Kier alpha value is -2.23. The van der Waals surface area contributed by atoms with E-state index in [4.69, 9.17) is 5.84 Å². The number of nitrogens with one attached hydrogen (secondary N) is 1. The van der Waals surface area contributed by atoms with E-state index in [1.54, 1.807) is 0 Å². The molecule has 1 aromatic heterocycles. The highest BCUT2D eigenvalue weighted by atomic mass is 15.2. The Morgan fingerprint density at radius 1 is 0.952 bits per heavy atom. The molecule has 2 aromatic carbocycles. The van der Waals surface area contributed by atoms with Crippen LogP contribution >= 0.6 is 0 Å². The highest BCUT2D eigenvalue weighted by molar-refractivity contribution is 5.82. The van der Waals surface area contributed by atoms with Crippen molar-refractivity contribution in [3.63, 3.8) is 0 Å². The Morgan fingerprint density at radius 3 is 2.62 bits per heavy atom. The van der Waals surface area contributed by atoms with Gasteiger partial charge in [0.05, 0.1) is 5.52 Å². The van der Waals surface area contributed by atoms with Gasteiger partial charge < -0.3 is 0 Å². The van der Waals surface area contributed by atoms with Crippen molar-refractivity contribution in [3.05, 3.63) is 78.0 Å². The average Bonchev–Trinajstić information content (AvgIpc) is 2.56. The number of pyridine rings is 1. The summed E-state index contributed by atoms with van der Waals surface area (Å²) in [6.07, 6.45) is 3.77. The zero-order chi connectivity index (χ0) is 14.5. The van der Waals surface area contributed by atoms with Gasteiger partial charge in [-0.3, -0.25) is 16.3 Å². The molecule has 0 aliphatic heterocycles. The van der Waals surface area contributed by atoms with Gasteiger partial charge in [-0.2, -0.15) is 0 Å². The quantitative estimate of drug-likeness (QED) is 0.555. The van der Waals surface area contributed by atoms with Gasteiger partial charge in [0.2, 0.25) is 0 Å². The van der Waals surface area contributed by atoms with E-state index in [9.17, 15) is 0 Å². The fourth-order valence-corrected chi connectivity index (χ4v) is 2.72. The summed E-state index contributed by atoms with van der Waals surface area (Å²) in [7, 11) is 0. The first-order chi connectivity index (χ1) is 10.4. The second-order valence-corrected chi connectivity index (χ2v) is 5.16. The Labute approximate surface area is 124 Å². The lowest BCUT2D eigenvalue weighted by Crippen LogP contribution is -2.28. The first-order valence-corrected chi connectivity index (χ1v) is 7.22. The van der Waals surface area contributed by atoms with Crippen LogP contribution in [0.3, 0.4) is 0 Å². The smallest absolute Gasteiger partial charge is 0.0705 e. The van der Waals surface area contributed by atoms with Crippen LogP contribution in [0.1, 0.15) is 23.6 Å². The van der Waals surface area contributed by atoms with E-state index < -0.39 is 0 Å². The normalized spacial score (nSPS) is 12.4. The molecule has 0 aliphatic carbocycles. The number of benzene rings is 2. The van der Waals surface area contributed by atoms with Gasteiger partial charge in [0.1, 0.15) is 0 Å². The first-order valence-electron chi connectivity index (χ1n) is 7.22. The van der Waals surface area contributed by atoms with Gasteiger partial charge in [0.15, 0.2) is 0 Å². The Kier molecular flexibility index (Phi) is 4.24. The molecule has 3 heteroatoms. The number of rotatable bonds is 5. The summed E-state index contributed by atoms with van der Waals surface area (Å²) >= 11 is 0. The van der Waals surface area contributed by atoms with Gasteiger partial charge in [-0.05, 0) is 36.1 Å². The highest BCUT2D eigenvalue weighted by Crippen LogP contribution is 2.25. The van der Waals surface area contributed by atoms with Crippen LogP contribution in [-0.4, -0.2) is 4.98 Å². The Bertz CT molecular complexity index is 704. The minimum atomic E-state index is 0.123. The van der Waals surface area contributed by atoms with E-state index in [1.165, 1.54) is 11.1 Å². The molecule has 3 N–H and O–H groups in total. The van der Waals surface area contributed by atoms with Crippen LogP contribution in [0.2, 0.25) is 0 Å². The summed E-state index contributed by atoms with van der Waals surface area (Å²) in [5.41, 5.74) is 6.50. The topological polar surface area (TPSA) is 50.9 Å². The third-order valence-corrected chi connectivity index (χ3v) is 3.82. The molecule has 1 unspecified atom stereocenters. The molecule has 0 fully saturated rings. The van der Waals surface area contributed by atoms with Gasteiger partial charge in [-0.25, -0.2) is 0 Å². The van der Waals surface area contributed by atoms with Crippen LogP contribution in [0.25, 0.3) is 10.9 Å². The van der Waals surface area contributed by atoms with Gasteiger partial charge in [0.25, 0.3) is 0 Å². The van der Waals surface area contributed by atoms with Crippen molar-refractivity contribution in [1.29, 1.82) is 0 Å². The summed E-state index contributed by atoms with van der Waals surface area (Å²) in [4.78, 5) is 4.41. The van der Waals surface area contributed by atoms with Crippen molar-refractivity contribution in [2.24, 2.45) is 5.84 Å². The lowest BCUT2D eigenvalue weighted by molar-refractivity contribution is 0.519. The molecule has 0 amide bonds. The number of aryl methyl sites for hydroxylation is 1. The molecule has 0 saturated heterocycles. The van der Waals surface area contributed by atoms with Crippen molar-refractivity contribution < 1.29 is 0 Å². The molecule has 106 valence electrons. The van der Waals surface area contributed by atoms with Crippen molar-refractivity contribution in [3.8, 4) is 0 Å². The van der Waals surface area contributed by atoms with Crippen molar-refractivity contribution in [1.82, 2.24) is 10.4 Å². The minimum absolute atomic E-state index is 0.123. The lowest BCUT2D eigenvalue weighted by atomic mass is 9.96. The number of fused-ring (bicyclic) bond motifs is 1. The van der Waals surface area contributed by atoms with E-state index in [1.807, 2.05) is 30.5 Å². The van der Waals surface area contributed by atoms with Gasteiger partial charge in [0, 0.05) is 17.6 Å². The van der Waals surface area contributed by atoms with E-state index in [0.717, 1.165) is 23.7 Å². The van der Waals surface area contributed by atoms with Crippen LogP contribution in [-0.2, 0) is 6.42 Å². The second kappa shape index (κ2) is 6.48. The maximum atomic E-state index is 5.79. The molecular weight excluding hydrogens is 258 g/mol. The van der Waals surface area contributed by atoms with E-state index >= 15 is 0 Å². The summed E-state index contributed by atoms with van der Waals surface area (Å²) in [6.45, 7) is 0. The summed E-state index contributed by atoms with van der Waals surface area (Å²) in [5, 5.41) is 1.16. The third-order valence-electron chi connectivity index (χ3n) is 3.82. The number of aromatic nitrogens is 1. The van der Waals surface area contributed by atoms with Crippen LogP contribution < -0.4 is 11.3 Å². The summed E-state index contributed by atoms with van der Waals surface area (Å²) in [5.74, 6) is 5.79. The van der Waals surface area contributed by atoms with Crippen LogP contribution in [0.4, 0.5) is 0 Å². The minimum Gasteiger partial charge on any atom is -0.271 e. The van der Waals surface area contributed by atoms with E-state index in [0.29, 0.717) is 0 Å². The molecule has 3 aromatic rings. The van der Waals surface area contributed by atoms with E-state index in [2.05, 4.69) is 46.8 Å². The SMILES string of the molecule is NNC(CCc1ccccc1)c1cccc2ncccc12. The van der Waals surface area contributed by atoms with E-state index in [-0.39, 0.29) is 6.04 Å². The van der Waals surface area contributed by atoms with Crippen molar-refractivity contribution in [2.45, 2.75) is 18.9 Å².